The fourth-order valence-electron chi connectivity index (χ4n) is 1.25. The monoisotopic (exact) mass is 208 g/mol. The maximum atomic E-state index is 4.14. The lowest BCUT2D eigenvalue weighted by molar-refractivity contribution is 0.596. The predicted octanol–water partition coefficient (Wildman–Crippen LogP) is -0.395. The second-order valence-corrected chi connectivity index (χ2v) is 3.58. The van der Waals surface area contributed by atoms with Gasteiger partial charge in [-0.3, -0.25) is 9.67 Å². The number of hydrogen-bond donors (Lipinski definition) is 2. The van der Waals surface area contributed by atoms with Crippen molar-refractivity contribution in [1.82, 2.24) is 25.4 Å². The molecule has 0 aliphatic heterocycles. The van der Waals surface area contributed by atoms with Gasteiger partial charge in [0.05, 0.1) is 6.54 Å². The van der Waals surface area contributed by atoms with Crippen LogP contribution in [0.25, 0.3) is 0 Å². The number of aliphatic imine (C=N–C) groups is 1. The minimum Gasteiger partial charge on any atom is -0.355 e. The van der Waals surface area contributed by atoms with E-state index in [0.29, 0.717) is 6.04 Å². The highest BCUT2D eigenvalue weighted by Crippen LogP contribution is 2.18. The van der Waals surface area contributed by atoms with Crippen molar-refractivity contribution in [1.29, 1.82) is 0 Å². The second-order valence-electron chi connectivity index (χ2n) is 3.58. The quantitative estimate of drug-likeness (QED) is 0.522. The molecule has 0 amide bonds. The van der Waals surface area contributed by atoms with Gasteiger partial charge in [0.2, 0.25) is 0 Å². The molecule has 1 aromatic heterocycles. The number of nitrogens with zero attached hydrogens (tertiary/aromatic N) is 4. The lowest BCUT2D eigenvalue weighted by Crippen LogP contribution is -2.39. The molecule has 6 heteroatoms. The van der Waals surface area contributed by atoms with Crippen LogP contribution in [0.3, 0.4) is 0 Å². The molecule has 1 heterocycles. The van der Waals surface area contributed by atoms with Gasteiger partial charge >= 0.3 is 0 Å². The van der Waals surface area contributed by atoms with E-state index in [1.54, 1.807) is 18.1 Å². The van der Waals surface area contributed by atoms with Gasteiger partial charge in [-0.25, -0.2) is 4.98 Å². The Morgan fingerprint density at radius 3 is 3.07 bits per heavy atom. The van der Waals surface area contributed by atoms with E-state index in [-0.39, 0.29) is 0 Å². The van der Waals surface area contributed by atoms with Crippen molar-refractivity contribution in [2.75, 3.05) is 13.6 Å². The Hall–Kier alpha value is -1.59. The SMILES string of the molecule is CN=C(NCCn1cncn1)NC1CC1. The molecule has 1 aliphatic rings. The van der Waals surface area contributed by atoms with Crippen LogP contribution in [0.5, 0.6) is 0 Å². The molecule has 15 heavy (non-hydrogen) atoms. The minimum absolute atomic E-state index is 0.627. The number of aromatic nitrogens is 3. The summed E-state index contributed by atoms with van der Waals surface area (Å²) in [4.78, 5) is 8.01. The van der Waals surface area contributed by atoms with E-state index in [2.05, 4.69) is 25.7 Å². The number of hydrogen-bond acceptors (Lipinski definition) is 3. The Bertz CT molecular complexity index is 313. The predicted molar refractivity (Wildman–Crippen MR) is 57.5 cm³/mol. The summed E-state index contributed by atoms with van der Waals surface area (Å²) < 4.78 is 1.79. The van der Waals surface area contributed by atoms with E-state index in [4.69, 9.17) is 0 Å². The zero-order valence-electron chi connectivity index (χ0n) is 8.85. The van der Waals surface area contributed by atoms with Crippen LogP contribution in [0.1, 0.15) is 12.8 Å². The van der Waals surface area contributed by atoms with Crippen LogP contribution in [-0.4, -0.2) is 40.4 Å². The van der Waals surface area contributed by atoms with Gasteiger partial charge < -0.3 is 10.6 Å². The van der Waals surface area contributed by atoms with Gasteiger partial charge in [0.25, 0.3) is 0 Å². The molecule has 0 spiro atoms. The molecule has 0 aromatic carbocycles. The zero-order chi connectivity index (χ0) is 10.5. The summed E-state index contributed by atoms with van der Waals surface area (Å²) in [5, 5.41) is 10.6. The van der Waals surface area contributed by atoms with Crippen molar-refractivity contribution in [3.63, 3.8) is 0 Å². The molecule has 0 radical (unpaired) electrons. The Morgan fingerprint density at radius 1 is 1.60 bits per heavy atom. The van der Waals surface area contributed by atoms with Gasteiger partial charge in [-0.15, -0.1) is 0 Å². The molecule has 0 unspecified atom stereocenters. The van der Waals surface area contributed by atoms with E-state index in [9.17, 15) is 0 Å². The Morgan fingerprint density at radius 2 is 2.47 bits per heavy atom. The number of nitrogens with one attached hydrogen (secondary N) is 2. The Balaban J connectivity index is 1.67. The van der Waals surface area contributed by atoms with Crippen LogP contribution in [0.15, 0.2) is 17.6 Å². The summed E-state index contributed by atoms with van der Waals surface area (Å²) >= 11 is 0. The molecule has 0 saturated heterocycles. The maximum absolute atomic E-state index is 4.14. The molecule has 0 atom stereocenters. The molecular formula is C9H16N6. The summed E-state index contributed by atoms with van der Waals surface area (Å²) in [6, 6.07) is 0.627. The van der Waals surface area contributed by atoms with Crippen LogP contribution >= 0.6 is 0 Å². The van der Waals surface area contributed by atoms with Crippen LogP contribution in [0.4, 0.5) is 0 Å². The Kier molecular flexibility index (Phi) is 3.16. The van der Waals surface area contributed by atoms with Crippen LogP contribution in [0.2, 0.25) is 0 Å². The zero-order valence-corrected chi connectivity index (χ0v) is 8.85. The van der Waals surface area contributed by atoms with Gasteiger partial charge in [-0.05, 0) is 12.8 Å². The molecule has 1 fully saturated rings. The summed E-state index contributed by atoms with van der Waals surface area (Å²) in [7, 11) is 1.78. The molecule has 82 valence electrons. The summed E-state index contributed by atoms with van der Waals surface area (Å²) in [6.45, 7) is 1.60. The molecule has 2 rings (SSSR count). The molecule has 6 nitrogen and oxygen atoms in total. The molecule has 0 bridgehead atoms. The second kappa shape index (κ2) is 4.77. The maximum Gasteiger partial charge on any atom is 0.191 e. The van der Waals surface area contributed by atoms with E-state index < -0.39 is 0 Å². The molecule has 1 aliphatic carbocycles. The van der Waals surface area contributed by atoms with Crippen molar-refractivity contribution >= 4 is 5.96 Å². The van der Waals surface area contributed by atoms with Crippen molar-refractivity contribution < 1.29 is 0 Å². The normalized spacial score (nSPS) is 16.5. The van der Waals surface area contributed by atoms with Gasteiger partial charge in [-0.1, -0.05) is 0 Å². The topological polar surface area (TPSA) is 67.1 Å². The highest BCUT2D eigenvalue weighted by Gasteiger charge is 2.21. The van der Waals surface area contributed by atoms with Crippen LogP contribution in [0, 0.1) is 0 Å². The van der Waals surface area contributed by atoms with Gasteiger partial charge in [0.1, 0.15) is 12.7 Å². The van der Waals surface area contributed by atoms with Crippen molar-refractivity contribution in [3.05, 3.63) is 12.7 Å². The fourth-order valence-corrected chi connectivity index (χ4v) is 1.25. The van der Waals surface area contributed by atoms with Gasteiger partial charge in [0, 0.05) is 19.6 Å². The molecule has 2 N–H and O–H groups in total. The first-order valence-corrected chi connectivity index (χ1v) is 5.18. The standard InChI is InChI=1S/C9H16N6/c1-10-9(14-8-2-3-8)12-4-5-15-7-11-6-13-15/h6-8H,2-5H2,1H3,(H2,10,12,14). The lowest BCUT2D eigenvalue weighted by atomic mass is 10.6. The van der Waals surface area contributed by atoms with E-state index in [1.807, 2.05) is 0 Å². The smallest absolute Gasteiger partial charge is 0.191 e. The van der Waals surface area contributed by atoms with E-state index in [0.717, 1.165) is 19.0 Å². The summed E-state index contributed by atoms with van der Waals surface area (Å²) in [6.07, 6.45) is 5.75. The van der Waals surface area contributed by atoms with Crippen molar-refractivity contribution in [2.24, 2.45) is 4.99 Å². The van der Waals surface area contributed by atoms with Crippen LogP contribution < -0.4 is 10.6 Å². The van der Waals surface area contributed by atoms with Crippen LogP contribution in [-0.2, 0) is 6.54 Å². The van der Waals surface area contributed by atoms with E-state index in [1.165, 1.54) is 19.2 Å². The highest BCUT2D eigenvalue weighted by molar-refractivity contribution is 5.80. The lowest BCUT2D eigenvalue weighted by Gasteiger charge is -2.10. The first kappa shape index (κ1) is 9.95. The van der Waals surface area contributed by atoms with Gasteiger partial charge in [-0.2, -0.15) is 5.10 Å². The third-order valence-electron chi connectivity index (χ3n) is 2.24. The third-order valence-corrected chi connectivity index (χ3v) is 2.24. The first-order valence-electron chi connectivity index (χ1n) is 5.18. The highest BCUT2D eigenvalue weighted by atomic mass is 15.3. The number of rotatable bonds is 4. The molecule has 1 saturated carbocycles. The number of guanidine groups is 1. The van der Waals surface area contributed by atoms with Gasteiger partial charge in [0.15, 0.2) is 5.96 Å². The van der Waals surface area contributed by atoms with E-state index >= 15 is 0 Å². The average molecular weight is 208 g/mol. The minimum atomic E-state index is 0.627. The largest absolute Gasteiger partial charge is 0.355 e. The molecule has 1 aromatic rings. The third kappa shape index (κ3) is 3.23. The summed E-state index contributed by atoms with van der Waals surface area (Å²) in [5.74, 6) is 0.873. The Labute approximate surface area is 88.8 Å². The van der Waals surface area contributed by atoms with Crippen molar-refractivity contribution in [3.8, 4) is 0 Å². The average Bonchev–Trinajstić information content (AvgIpc) is 2.91. The summed E-state index contributed by atoms with van der Waals surface area (Å²) in [5.41, 5.74) is 0. The molecular weight excluding hydrogens is 192 g/mol. The first-order chi connectivity index (χ1) is 7.38. The van der Waals surface area contributed by atoms with Crippen molar-refractivity contribution in [2.45, 2.75) is 25.4 Å². The fraction of sp³-hybridized carbons (Fsp3) is 0.667.